The van der Waals surface area contributed by atoms with E-state index in [1.165, 1.54) is 0 Å². The summed E-state index contributed by atoms with van der Waals surface area (Å²) < 4.78 is 26.6. The van der Waals surface area contributed by atoms with Gasteiger partial charge in [0.15, 0.2) is 5.11 Å². The van der Waals surface area contributed by atoms with Gasteiger partial charge in [-0.3, -0.25) is 18.4 Å². The zero-order valence-corrected chi connectivity index (χ0v) is 13.5. The van der Waals surface area contributed by atoms with Crippen LogP contribution in [0.15, 0.2) is 24.3 Å². The van der Waals surface area contributed by atoms with Crippen LogP contribution in [0.3, 0.4) is 0 Å². The summed E-state index contributed by atoms with van der Waals surface area (Å²) in [6.45, 7) is 1.95. The standard InChI is InChI=1S/C13H15N2O5PS/c1-9-2-4-10(5-3-9)14-12(22)15-11(16)13-6-18-21(17,19-7-13)20-8-13/h2-5H,6-8H2,1H3,(H2,14,15,16,22). The number of anilines is 1. The predicted octanol–water partition coefficient (Wildman–Crippen LogP) is 1.98. The van der Waals surface area contributed by atoms with E-state index in [0.29, 0.717) is 0 Å². The van der Waals surface area contributed by atoms with Crippen LogP contribution in [0.5, 0.6) is 0 Å². The zero-order chi connectivity index (χ0) is 15.8. The van der Waals surface area contributed by atoms with Crippen molar-refractivity contribution in [3.05, 3.63) is 29.8 Å². The molecule has 0 unspecified atom stereocenters. The fourth-order valence-electron chi connectivity index (χ4n) is 2.08. The highest BCUT2D eigenvalue weighted by atomic mass is 32.1. The average molecular weight is 342 g/mol. The fraction of sp³-hybridized carbons (Fsp3) is 0.385. The van der Waals surface area contributed by atoms with Gasteiger partial charge in [-0.15, -0.1) is 0 Å². The molecule has 1 aromatic rings. The van der Waals surface area contributed by atoms with Crippen molar-refractivity contribution in [2.75, 3.05) is 25.1 Å². The number of aryl methyl sites for hydroxylation is 1. The van der Waals surface area contributed by atoms with E-state index >= 15 is 0 Å². The van der Waals surface area contributed by atoms with Crippen LogP contribution in [-0.4, -0.2) is 30.8 Å². The Bertz CT molecular complexity index is 632. The minimum Gasteiger partial charge on any atom is -0.332 e. The van der Waals surface area contributed by atoms with Crippen molar-refractivity contribution >= 4 is 36.7 Å². The lowest BCUT2D eigenvalue weighted by atomic mass is 9.90. The van der Waals surface area contributed by atoms with Crippen LogP contribution in [0.1, 0.15) is 5.56 Å². The van der Waals surface area contributed by atoms with Crippen LogP contribution in [-0.2, 0) is 22.9 Å². The summed E-state index contributed by atoms with van der Waals surface area (Å²) in [5.74, 6) is -0.386. The lowest BCUT2D eigenvalue weighted by Crippen LogP contribution is -2.56. The summed E-state index contributed by atoms with van der Waals surface area (Å²) in [4.78, 5) is 12.4. The molecule has 0 aromatic heterocycles. The fourth-order valence-corrected chi connectivity index (χ4v) is 3.73. The number of rotatable bonds is 2. The number of thiocarbonyl (C=S) groups is 1. The van der Waals surface area contributed by atoms with Crippen molar-refractivity contribution in [1.29, 1.82) is 0 Å². The third-order valence-corrected chi connectivity index (χ3v) is 5.06. The normalized spacial score (nSPS) is 29.9. The molecule has 7 nitrogen and oxygen atoms in total. The molecule has 4 rings (SSSR count). The van der Waals surface area contributed by atoms with Crippen LogP contribution in [0.2, 0.25) is 0 Å². The van der Waals surface area contributed by atoms with E-state index in [1.54, 1.807) is 0 Å². The van der Waals surface area contributed by atoms with Gasteiger partial charge in [0.05, 0.1) is 19.8 Å². The van der Waals surface area contributed by atoms with E-state index in [0.717, 1.165) is 11.3 Å². The van der Waals surface area contributed by atoms with Crippen molar-refractivity contribution in [3.8, 4) is 0 Å². The molecule has 3 saturated heterocycles. The quantitative estimate of drug-likeness (QED) is 0.628. The molecule has 118 valence electrons. The monoisotopic (exact) mass is 342 g/mol. The Labute approximate surface area is 132 Å². The lowest BCUT2D eigenvalue weighted by Gasteiger charge is -2.42. The van der Waals surface area contributed by atoms with Crippen LogP contribution < -0.4 is 10.6 Å². The zero-order valence-electron chi connectivity index (χ0n) is 11.8. The first-order chi connectivity index (χ1) is 10.4. The molecular formula is C13H15N2O5PS. The first-order valence-electron chi connectivity index (χ1n) is 6.64. The van der Waals surface area contributed by atoms with Gasteiger partial charge in [0, 0.05) is 5.69 Å². The first-order valence-corrected chi connectivity index (χ1v) is 8.51. The smallest absolute Gasteiger partial charge is 0.332 e. The number of nitrogens with one attached hydrogen (secondary N) is 2. The van der Waals surface area contributed by atoms with Gasteiger partial charge in [0.1, 0.15) is 5.41 Å². The van der Waals surface area contributed by atoms with E-state index in [-0.39, 0.29) is 30.8 Å². The Balaban J connectivity index is 1.61. The van der Waals surface area contributed by atoms with Crippen molar-refractivity contribution in [2.45, 2.75) is 6.92 Å². The molecule has 0 radical (unpaired) electrons. The highest BCUT2D eigenvalue weighted by Crippen LogP contribution is 2.59. The molecule has 1 aromatic carbocycles. The lowest BCUT2D eigenvalue weighted by molar-refractivity contribution is -0.150. The summed E-state index contributed by atoms with van der Waals surface area (Å²) >= 11 is 5.13. The molecule has 9 heteroatoms. The highest BCUT2D eigenvalue weighted by molar-refractivity contribution is 7.80. The van der Waals surface area contributed by atoms with Crippen molar-refractivity contribution in [2.24, 2.45) is 5.41 Å². The van der Waals surface area contributed by atoms with Crippen LogP contribution in [0.4, 0.5) is 5.69 Å². The second kappa shape index (κ2) is 5.72. The van der Waals surface area contributed by atoms with Crippen molar-refractivity contribution in [3.63, 3.8) is 0 Å². The van der Waals surface area contributed by atoms with Crippen LogP contribution in [0.25, 0.3) is 0 Å². The van der Waals surface area contributed by atoms with Crippen LogP contribution >= 0.6 is 20.0 Å². The minimum atomic E-state index is -3.43. The Kier molecular flexibility index (Phi) is 4.05. The Hall–Kier alpha value is -1.31. The van der Waals surface area contributed by atoms with Gasteiger partial charge in [-0.1, -0.05) is 17.7 Å². The van der Waals surface area contributed by atoms with E-state index in [4.69, 9.17) is 25.8 Å². The molecule has 0 aliphatic carbocycles. The number of carbonyl (C=O) groups excluding carboxylic acids is 1. The second-order valence-electron chi connectivity index (χ2n) is 5.32. The molecule has 0 atom stereocenters. The number of hydrogen-bond acceptors (Lipinski definition) is 6. The summed E-state index contributed by atoms with van der Waals surface area (Å²) in [5.41, 5.74) is 0.874. The summed E-state index contributed by atoms with van der Waals surface area (Å²) in [7, 11) is -3.43. The molecule has 2 bridgehead atoms. The van der Waals surface area contributed by atoms with Crippen molar-refractivity contribution < 1.29 is 22.9 Å². The third kappa shape index (κ3) is 3.06. The molecule has 1 amide bonds. The van der Waals surface area contributed by atoms with Gasteiger partial charge in [-0.25, -0.2) is 4.57 Å². The maximum atomic E-state index is 12.4. The first kappa shape index (κ1) is 15.6. The Morgan fingerprint density at radius 2 is 1.73 bits per heavy atom. The largest absolute Gasteiger partial charge is 0.474 e. The number of hydrogen-bond donors (Lipinski definition) is 2. The molecule has 0 spiro atoms. The van der Waals surface area contributed by atoms with E-state index in [9.17, 15) is 9.36 Å². The number of benzene rings is 1. The maximum absolute atomic E-state index is 12.4. The van der Waals surface area contributed by atoms with Gasteiger partial charge in [0.25, 0.3) is 0 Å². The predicted molar refractivity (Wildman–Crippen MR) is 83.4 cm³/mol. The maximum Gasteiger partial charge on any atom is 0.474 e. The van der Waals surface area contributed by atoms with E-state index < -0.39 is 13.2 Å². The molecule has 0 saturated carbocycles. The van der Waals surface area contributed by atoms with Crippen LogP contribution in [0, 0.1) is 12.3 Å². The van der Waals surface area contributed by atoms with Gasteiger partial charge in [-0.2, -0.15) is 0 Å². The van der Waals surface area contributed by atoms with Crippen molar-refractivity contribution in [1.82, 2.24) is 5.32 Å². The van der Waals surface area contributed by atoms with E-state index in [2.05, 4.69) is 10.6 Å². The number of amides is 1. The Morgan fingerprint density at radius 3 is 2.27 bits per heavy atom. The van der Waals surface area contributed by atoms with Gasteiger partial charge in [-0.05, 0) is 31.3 Å². The van der Waals surface area contributed by atoms with Gasteiger partial charge >= 0.3 is 7.82 Å². The SMILES string of the molecule is Cc1ccc(NC(=S)NC(=O)C23COP(=O)(OC2)OC3)cc1. The number of carbonyl (C=O) groups is 1. The molecule has 3 fully saturated rings. The second-order valence-corrected chi connectivity index (χ2v) is 7.40. The van der Waals surface area contributed by atoms with Gasteiger partial charge in [0.2, 0.25) is 5.91 Å². The number of fused-ring (bicyclic) bond motifs is 3. The molecule has 3 heterocycles. The van der Waals surface area contributed by atoms with E-state index in [1.807, 2.05) is 31.2 Å². The number of phosphoric ester groups is 1. The van der Waals surface area contributed by atoms with Gasteiger partial charge < -0.3 is 10.6 Å². The molecule has 22 heavy (non-hydrogen) atoms. The minimum absolute atomic E-state index is 0.0107. The topological polar surface area (TPSA) is 85.9 Å². The summed E-state index contributed by atoms with van der Waals surface area (Å²) in [6.07, 6.45) is 0. The molecular weight excluding hydrogens is 327 g/mol. The third-order valence-electron chi connectivity index (χ3n) is 3.52. The molecule has 2 N–H and O–H groups in total. The highest BCUT2D eigenvalue weighted by Gasteiger charge is 2.55. The average Bonchev–Trinajstić information content (AvgIpc) is 2.50. The Morgan fingerprint density at radius 1 is 1.18 bits per heavy atom. The number of phosphoric acid groups is 1. The molecule has 3 aliphatic heterocycles. The summed E-state index contributed by atoms with van der Waals surface area (Å²) in [5, 5.41) is 5.69. The summed E-state index contributed by atoms with van der Waals surface area (Å²) in [6, 6.07) is 7.58. The molecule has 3 aliphatic rings.